The highest BCUT2D eigenvalue weighted by atomic mass is 79.9. The first-order chi connectivity index (χ1) is 11.2. The molecule has 2 aromatic carbocycles. The predicted octanol–water partition coefficient (Wildman–Crippen LogP) is 1.17. The van der Waals surface area contributed by atoms with Crippen LogP contribution in [0.3, 0.4) is 0 Å². The quantitative estimate of drug-likeness (QED) is 0.625. The average Bonchev–Trinajstić information content (AvgIpc) is 3.02. The number of methoxy groups -OCH3 is 1. The largest absolute Gasteiger partial charge is 1.00 e. The number of nitrogens with one attached hydrogen (secondary N) is 1. The normalized spacial score (nSPS) is 10.2. The molecular weight excluding hydrogens is 388 g/mol. The average molecular weight is 406 g/mol. The molecule has 3 rings (SSSR count). The van der Waals surface area contributed by atoms with Crippen molar-refractivity contribution in [2.24, 2.45) is 0 Å². The number of fused-ring (bicyclic) bond motifs is 1. The van der Waals surface area contributed by atoms with Crippen LogP contribution in [-0.2, 0) is 6.42 Å². The molecule has 3 aromatic rings. The number of benzene rings is 2. The number of anilines is 1. The number of ketones is 1. The summed E-state index contributed by atoms with van der Waals surface area (Å²) in [6.07, 6.45) is 0.972. The third kappa shape index (κ3) is 3.94. The van der Waals surface area contributed by atoms with Crippen molar-refractivity contribution in [3.8, 4) is 5.75 Å². The second-order valence-corrected chi connectivity index (χ2v) is 6.18. The molecule has 6 heteroatoms. The van der Waals surface area contributed by atoms with Crippen molar-refractivity contribution in [3.63, 3.8) is 0 Å². The molecule has 126 valence electrons. The van der Waals surface area contributed by atoms with Crippen LogP contribution in [0.1, 0.15) is 22.8 Å². The van der Waals surface area contributed by atoms with Gasteiger partial charge in [-0.3, -0.25) is 4.79 Å². The van der Waals surface area contributed by atoms with Crippen LogP contribution in [0.15, 0.2) is 42.5 Å². The minimum atomic E-state index is 0. The smallest absolute Gasteiger partial charge is 0.184 e. The molecule has 0 aliphatic heterocycles. The second kappa shape index (κ2) is 8.26. The summed E-state index contributed by atoms with van der Waals surface area (Å²) in [6.45, 7) is 2.33. The van der Waals surface area contributed by atoms with E-state index in [9.17, 15) is 4.79 Å². The molecule has 0 amide bonds. The Labute approximate surface area is 155 Å². The number of rotatable bonds is 6. The summed E-state index contributed by atoms with van der Waals surface area (Å²) in [5.41, 5.74) is 2.77. The number of ether oxygens (including phenoxy) is 1. The number of carbonyl (C=O) groups excluding carboxylic acids is 1. The fourth-order valence-corrected chi connectivity index (χ4v) is 3.23. The van der Waals surface area contributed by atoms with E-state index in [-0.39, 0.29) is 29.3 Å². The number of Topliss-reactive ketones (excluding diaryl/α,β-unsaturated/α-hetero) is 1. The minimum Gasteiger partial charge on any atom is -1.00 e. The fraction of sp³-hybridized carbons (Fsp3) is 0.222. The van der Waals surface area contributed by atoms with E-state index >= 15 is 0 Å². The SMILES string of the molecule is CCc1ccc(C(=O)CNc2nc3c(OC)cccc3s2)cc1.[Br-]. The van der Waals surface area contributed by atoms with E-state index in [2.05, 4.69) is 17.2 Å². The number of carbonyl (C=O) groups is 1. The number of para-hydroxylation sites is 1. The van der Waals surface area contributed by atoms with Crippen molar-refractivity contribution in [2.45, 2.75) is 13.3 Å². The van der Waals surface area contributed by atoms with E-state index in [0.29, 0.717) is 5.56 Å². The second-order valence-electron chi connectivity index (χ2n) is 5.15. The number of halogens is 1. The van der Waals surface area contributed by atoms with E-state index in [1.54, 1.807) is 7.11 Å². The van der Waals surface area contributed by atoms with Gasteiger partial charge in [-0.25, -0.2) is 4.98 Å². The molecule has 0 bridgehead atoms. The number of thiazole rings is 1. The molecule has 1 heterocycles. The van der Waals surface area contributed by atoms with Gasteiger partial charge in [0.05, 0.1) is 18.4 Å². The molecule has 1 N–H and O–H groups in total. The lowest BCUT2D eigenvalue weighted by atomic mass is 10.1. The molecule has 1 aromatic heterocycles. The van der Waals surface area contributed by atoms with Gasteiger partial charge in [-0.05, 0) is 24.1 Å². The molecule has 0 unspecified atom stereocenters. The van der Waals surface area contributed by atoms with Crippen molar-refractivity contribution < 1.29 is 26.5 Å². The first kappa shape index (κ1) is 18.4. The predicted molar refractivity (Wildman–Crippen MR) is 94.8 cm³/mol. The van der Waals surface area contributed by atoms with Crippen LogP contribution >= 0.6 is 11.3 Å². The standard InChI is InChI=1S/C18H18N2O2S.BrH/c1-3-12-7-9-13(10-8-12)14(21)11-19-18-20-17-15(22-2)5-4-6-16(17)23-18;/h4-10H,3,11H2,1-2H3,(H,19,20);1H/p-1. The van der Waals surface area contributed by atoms with E-state index in [1.165, 1.54) is 16.9 Å². The molecule has 4 nitrogen and oxygen atoms in total. The monoisotopic (exact) mass is 405 g/mol. The van der Waals surface area contributed by atoms with E-state index < -0.39 is 0 Å². The zero-order valence-corrected chi connectivity index (χ0v) is 15.9. The van der Waals surface area contributed by atoms with Gasteiger partial charge < -0.3 is 27.0 Å². The van der Waals surface area contributed by atoms with E-state index in [0.717, 1.165) is 27.5 Å². The van der Waals surface area contributed by atoms with Crippen LogP contribution in [0.5, 0.6) is 5.75 Å². The molecule has 0 saturated heterocycles. The lowest BCUT2D eigenvalue weighted by Gasteiger charge is -2.03. The van der Waals surface area contributed by atoms with Crippen LogP contribution in [0.25, 0.3) is 10.2 Å². The van der Waals surface area contributed by atoms with Crippen LogP contribution in [0.4, 0.5) is 5.13 Å². The summed E-state index contributed by atoms with van der Waals surface area (Å²) >= 11 is 1.52. The summed E-state index contributed by atoms with van der Waals surface area (Å²) < 4.78 is 6.34. The van der Waals surface area contributed by atoms with Gasteiger partial charge in [0.25, 0.3) is 0 Å². The molecule has 0 aliphatic rings. The van der Waals surface area contributed by atoms with Crippen LogP contribution in [-0.4, -0.2) is 24.4 Å². The molecule has 0 spiro atoms. The Morgan fingerprint density at radius 3 is 2.62 bits per heavy atom. The maximum absolute atomic E-state index is 12.2. The summed E-state index contributed by atoms with van der Waals surface area (Å²) in [5.74, 6) is 0.798. The molecular formula is C18H18BrN2O2S-. The molecule has 0 atom stereocenters. The number of aryl methyl sites for hydroxylation is 1. The third-order valence-electron chi connectivity index (χ3n) is 3.69. The van der Waals surface area contributed by atoms with Gasteiger partial charge in [-0.15, -0.1) is 0 Å². The van der Waals surface area contributed by atoms with Crippen molar-refractivity contribution in [3.05, 3.63) is 53.6 Å². The van der Waals surface area contributed by atoms with Gasteiger partial charge in [0, 0.05) is 5.56 Å². The van der Waals surface area contributed by atoms with Gasteiger partial charge in [0.2, 0.25) is 0 Å². The number of hydrogen-bond acceptors (Lipinski definition) is 5. The van der Waals surface area contributed by atoms with Gasteiger partial charge in [0.1, 0.15) is 11.3 Å². The number of aromatic nitrogens is 1. The molecule has 0 saturated carbocycles. The third-order valence-corrected chi connectivity index (χ3v) is 4.66. The van der Waals surface area contributed by atoms with Gasteiger partial charge >= 0.3 is 0 Å². The van der Waals surface area contributed by atoms with Gasteiger partial charge in [-0.1, -0.05) is 48.6 Å². The van der Waals surface area contributed by atoms with Crippen LogP contribution in [0.2, 0.25) is 0 Å². The Kier molecular flexibility index (Phi) is 6.34. The van der Waals surface area contributed by atoms with Crippen molar-refractivity contribution >= 4 is 32.5 Å². The Hall–Kier alpha value is -1.92. The summed E-state index contributed by atoms with van der Waals surface area (Å²) in [4.78, 5) is 16.8. The van der Waals surface area contributed by atoms with Gasteiger partial charge in [-0.2, -0.15) is 0 Å². The van der Waals surface area contributed by atoms with Crippen molar-refractivity contribution in [1.82, 2.24) is 4.98 Å². The van der Waals surface area contributed by atoms with E-state index in [1.807, 2.05) is 42.5 Å². The maximum Gasteiger partial charge on any atom is 0.184 e. The molecule has 0 fully saturated rings. The molecule has 0 aliphatic carbocycles. The summed E-state index contributed by atoms with van der Waals surface area (Å²) in [7, 11) is 1.63. The maximum atomic E-state index is 12.2. The van der Waals surface area contributed by atoms with Crippen LogP contribution < -0.4 is 27.0 Å². The summed E-state index contributed by atoms with van der Waals surface area (Å²) in [5, 5.41) is 3.84. The first-order valence-electron chi connectivity index (χ1n) is 7.51. The highest BCUT2D eigenvalue weighted by molar-refractivity contribution is 7.22. The topological polar surface area (TPSA) is 51.2 Å². The van der Waals surface area contributed by atoms with E-state index in [4.69, 9.17) is 4.74 Å². The molecule has 24 heavy (non-hydrogen) atoms. The number of nitrogens with zero attached hydrogens (tertiary/aromatic N) is 1. The van der Waals surface area contributed by atoms with Gasteiger partial charge in [0.15, 0.2) is 10.9 Å². The Balaban J connectivity index is 0.00000208. The minimum absolute atomic E-state index is 0. The first-order valence-corrected chi connectivity index (χ1v) is 8.32. The Morgan fingerprint density at radius 2 is 1.96 bits per heavy atom. The molecule has 0 radical (unpaired) electrons. The lowest BCUT2D eigenvalue weighted by molar-refractivity contribution is -0.0000125. The summed E-state index contributed by atoms with van der Waals surface area (Å²) in [6, 6.07) is 13.6. The van der Waals surface area contributed by atoms with Crippen LogP contribution in [0, 0.1) is 0 Å². The lowest BCUT2D eigenvalue weighted by Crippen LogP contribution is -3.00. The zero-order valence-electron chi connectivity index (χ0n) is 13.5. The fourth-order valence-electron chi connectivity index (χ4n) is 2.35. The highest BCUT2D eigenvalue weighted by Gasteiger charge is 2.10. The highest BCUT2D eigenvalue weighted by Crippen LogP contribution is 2.31. The van der Waals surface area contributed by atoms with Crippen molar-refractivity contribution in [2.75, 3.05) is 19.0 Å². The Bertz CT molecular complexity index is 831. The van der Waals surface area contributed by atoms with Crippen molar-refractivity contribution in [1.29, 1.82) is 0 Å². The Morgan fingerprint density at radius 1 is 1.21 bits per heavy atom. The number of hydrogen-bond donors (Lipinski definition) is 1. The zero-order chi connectivity index (χ0) is 16.2.